The largest absolute Gasteiger partial charge is 0.356 e. The minimum absolute atomic E-state index is 0.453. The molecule has 4 saturated carbocycles. The standard InChI is InChI=1S/2C16H20N4O/c2*1-20(16-14-4-5-17-15(14)18-9-19-16)12-6-10-2-3-13(21)8-11(10)7-12/h2*4-5,9-12H,2-3,6-8H2,1H3,(H,17,18,19)/t10-,11-,12+;10-,11-,12-/m11/s1. The number of ketones is 2. The first-order valence-corrected chi connectivity index (χ1v) is 15.5. The van der Waals surface area contributed by atoms with Crippen molar-refractivity contribution in [3.63, 3.8) is 0 Å². The Balaban J connectivity index is 0.000000137. The minimum atomic E-state index is 0.453. The SMILES string of the molecule is CN(c1ncnc2[nH]ccc12)[C@@H]1C[C@H]2CCC(=O)C[C@H]2C1.CN(c1ncnc2[nH]ccc12)[C@H]1C[C@H]2CCC(=O)C[C@H]2C1. The summed E-state index contributed by atoms with van der Waals surface area (Å²) in [5, 5.41) is 2.15. The predicted molar refractivity (Wildman–Crippen MR) is 162 cm³/mol. The van der Waals surface area contributed by atoms with Crippen molar-refractivity contribution < 1.29 is 9.59 Å². The van der Waals surface area contributed by atoms with Gasteiger partial charge in [0.25, 0.3) is 0 Å². The lowest BCUT2D eigenvalue weighted by molar-refractivity contribution is -0.123. The average molecular weight is 569 g/mol. The summed E-state index contributed by atoms with van der Waals surface area (Å²) in [5.41, 5.74) is 1.77. The Hall–Kier alpha value is -3.82. The number of fused-ring (bicyclic) bond motifs is 4. The second-order valence-corrected chi connectivity index (χ2v) is 12.9. The van der Waals surface area contributed by atoms with Gasteiger partial charge in [-0.3, -0.25) is 9.59 Å². The molecule has 4 aliphatic rings. The van der Waals surface area contributed by atoms with Crippen molar-refractivity contribution in [2.45, 2.75) is 76.3 Å². The number of anilines is 2. The maximum atomic E-state index is 11.7. The van der Waals surface area contributed by atoms with E-state index in [4.69, 9.17) is 0 Å². The zero-order valence-electron chi connectivity index (χ0n) is 24.5. The number of aromatic amines is 2. The number of H-pyrrole nitrogens is 2. The number of hydrogen-bond donors (Lipinski definition) is 2. The van der Waals surface area contributed by atoms with Gasteiger partial charge < -0.3 is 19.8 Å². The van der Waals surface area contributed by atoms with Crippen molar-refractivity contribution in [3.05, 3.63) is 37.2 Å². The Bertz CT molecular complexity index is 1480. The zero-order valence-corrected chi connectivity index (χ0v) is 24.5. The molecular weight excluding hydrogens is 528 g/mol. The highest BCUT2D eigenvalue weighted by molar-refractivity contribution is 5.88. The van der Waals surface area contributed by atoms with E-state index in [9.17, 15) is 9.59 Å². The molecule has 4 aromatic rings. The lowest BCUT2D eigenvalue weighted by Gasteiger charge is -2.26. The predicted octanol–water partition coefficient (Wildman–Crippen LogP) is 5.08. The van der Waals surface area contributed by atoms with E-state index in [2.05, 4.69) is 53.8 Å². The average Bonchev–Trinajstić information content (AvgIpc) is 3.80. The van der Waals surface area contributed by atoms with Crippen LogP contribution >= 0.6 is 0 Å². The third kappa shape index (κ3) is 5.05. The Morgan fingerprint density at radius 1 is 0.643 bits per heavy atom. The van der Waals surface area contributed by atoms with Crippen LogP contribution in [0.3, 0.4) is 0 Å². The number of nitrogens with zero attached hydrogens (tertiary/aromatic N) is 6. The van der Waals surface area contributed by atoms with Gasteiger partial charge in [-0.2, -0.15) is 0 Å². The topological polar surface area (TPSA) is 124 Å². The quantitative estimate of drug-likeness (QED) is 0.349. The molecule has 0 saturated heterocycles. The van der Waals surface area contributed by atoms with Crippen LogP contribution in [0.5, 0.6) is 0 Å². The molecule has 4 aliphatic carbocycles. The van der Waals surface area contributed by atoms with E-state index in [1.807, 2.05) is 24.5 Å². The molecule has 8 rings (SSSR count). The van der Waals surface area contributed by atoms with Crippen LogP contribution in [-0.2, 0) is 9.59 Å². The Morgan fingerprint density at radius 3 is 1.52 bits per heavy atom. The van der Waals surface area contributed by atoms with Crippen LogP contribution < -0.4 is 9.80 Å². The summed E-state index contributed by atoms with van der Waals surface area (Å²) in [5.74, 6) is 5.51. The van der Waals surface area contributed by atoms with Crippen LogP contribution in [-0.4, -0.2) is 67.6 Å². The minimum Gasteiger partial charge on any atom is -0.356 e. The summed E-state index contributed by atoms with van der Waals surface area (Å²) in [7, 11) is 4.25. The molecule has 4 aromatic heterocycles. The van der Waals surface area contributed by atoms with Crippen LogP contribution in [0.25, 0.3) is 22.1 Å². The number of carbonyl (C=O) groups excluding carboxylic acids is 2. The highest BCUT2D eigenvalue weighted by Gasteiger charge is 2.41. The third-order valence-electron chi connectivity index (χ3n) is 10.6. The summed E-state index contributed by atoms with van der Waals surface area (Å²) in [6, 6.07) is 5.04. The summed E-state index contributed by atoms with van der Waals surface area (Å²) in [4.78, 5) is 51.6. The number of carbonyl (C=O) groups is 2. The van der Waals surface area contributed by atoms with Gasteiger partial charge in [0, 0.05) is 64.3 Å². The lowest BCUT2D eigenvalue weighted by Crippen LogP contribution is -2.30. The fraction of sp³-hybridized carbons (Fsp3) is 0.562. The van der Waals surface area contributed by atoms with E-state index in [-0.39, 0.29) is 0 Å². The fourth-order valence-electron chi connectivity index (χ4n) is 8.31. The monoisotopic (exact) mass is 568 g/mol. The van der Waals surface area contributed by atoms with Gasteiger partial charge >= 0.3 is 0 Å². The summed E-state index contributed by atoms with van der Waals surface area (Å²) >= 11 is 0. The van der Waals surface area contributed by atoms with Gasteiger partial charge in [-0.05, 0) is 74.3 Å². The highest BCUT2D eigenvalue weighted by Crippen LogP contribution is 2.45. The van der Waals surface area contributed by atoms with Gasteiger partial charge in [-0.25, -0.2) is 19.9 Å². The van der Waals surface area contributed by atoms with Gasteiger partial charge in [0.15, 0.2) is 0 Å². The van der Waals surface area contributed by atoms with E-state index in [0.29, 0.717) is 35.5 Å². The Labute approximate surface area is 245 Å². The summed E-state index contributed by atoms with van der Waals surface area (Å²) < 4.78 is 0. The molecule has 10 heteroatoms. The van der Waals surface area contributed by atoms with Gasteiger partial charge in [-0.1, -0.05) is 0 Å². The van der Waals surface area contributed by atoms with E-state index < -0.39 is 0 Å². The molecule has 0 amide bonds. The van der Waals surface area contributed by atoms with Gasteiger partial charge in [0.05, 0.1) is 10.8 Å². The molecule has 0 spiro atoms. The van der Waals surface area contributed by atoms with Gasteiger partial charge in [0.2, 0.25) is 0 Å². The van der Waals surface area contributed by atoms with Crippen LogP contribution in [0.2, 0.25) is 0 Å². The van der Waals surface area contributed by atoms with Crippen molar-refractivity contribution in [1.29, 1.82) is 0 Å². The van der Waals surface area contributed by atoms with Crippen molar-refractivity contribution in [3.8, 4) is 0 Å². The lowest BCUT2D eigenvalue weighted by atomic mass is 9.81. The van der Waals surface area contributed by atoms with Crippen molar-refractivity contribution in [1.82, 2.24) is 29.9 Å². The number of rotatable bonds is 4. The summed E-state index contributed by atoms with van der Waals surface area (Å²) in [6.07, 6.45) is 17.0. The molecule has 0 unspecified atom stereocenters. The smallest absolute Gasteiger partial charge is 0.142 e. The number of hydrogen-bond acceptors (Lipinski definition) is 8. The normalized spacial score (nSPS) is 28.8. The first-order chi connectivity index (χ1) is 20.4. The molecule has 0 radical (unpaired) electrons. The van der Waals surface area contributed by atoms with Crippen LogP contribution in [0.15, 0.2) is 37.2 Å². The van der Waals surface area contributed by atoms with Crippen molar-refractivity contribution in [2.75, 3.05) is 23.9 Å². The molecular formula is C32H40N8O2. The molecule has 2 N–H and O–H groups in total. The summed E-state index contributed by atoms with van der Waals surface area (Å²) in [6.45, 7) is 0. The van der Waals surface area contributed by atoms with E-state index in [1.165, 1.54) is 12.8 Å². The third-order valence-corrected chi connectivity index (χ3v) is 10.6. The van der Waals surface area contributed by atoms with Crippen molar-refractivity contribution >= 4 is 45.3 Å². The van der Waals surface area contributed by atoms with Crippen LogP contribution in [0.4, 0.5) is 11.6 Å². The number of aromatic nitrogens is 6. The zero-order chi connectivity index (χ0) is 28.8. The highest BCUT2D eigenvalue weighted by atomic mass is 16.1. The molecule has 42 heavy (non-hydrogen) atoms. The molecule has 4 fully saturated rings. The van der Waals surface area contributed by atoms with Gasteiger partial charge in [-0.15, -0.1) is 0 Å². The second-order valence-electron chi connectivity index (χ2n) is 12.9. The van der Waals surface area contributed by atoms with Crippen LogP contribution in [0.1, 0.15) is 64.2 Å². The fourth-order valence-corrected chi connectivity index (χ4v) is 8.31. The maximum Gasteiger partial charge on any atom is 0.142 e. The first kappa shape index (κ1) is 27.0. The molecule has 220 valence electrons. The Morgan fingerprint density at radius 2 is 1.07 bits per heavy atom. The molecule has 0 aromatic carbocycles. The van der Waals surface area contributed by atoms with E-state index in [1.54, 1.807) is 12.7 Å². The van der Waals surface area contributed by atoms with Crippen LogP contribution in [0, 0.1) is 23.7 Å². The first-order valence-electron chi connectivity index (χ1n) is 15.5. The number of nitrogens with one attached hydrogen (secondary N) is 2. The van der Waals surface area contributed by atoms with Gasteiger partial charge in [0.1, 0.15) is 47.2 Å². The molecule has 4 heterocycles. The second kappa shape index (κ2) is 11.1. The van der Waals surface area contributed by atoms with E-state index >= 15 is 0 Å². The molecule has 0 aliphatic heterocycles. The Kier molecular flexibility index (Phi) is 7.15. The molecule has 6 atom stereocenters. The maximum absolute atomic E-state index is 11.7. The molecule has 0 bridgehead atoms. The number of Topliss-reactive ketones (excluding diaryl/α,β-unsaturated/α-hetero) is 2. The van der Waals surface area contributed by atoms with E-state index in [0.717, 1.165) is 96.9 Å². The molecule has 10 nitrogen and oxygen atoms in total. The van der Waals surface area contributed by atoms with Crippen molar-refractivity contribution in [2.24, 2.45) is 23.7 Å².